The molecule has 1 aromatic carbocycles. The molecule has 0 saturated carbocycles. The smallest absolute Gasteiger partial charge is 0.245 e. The van der Waals surface area contributed by atoms with Crippen LogP contribution in [0.25, 0.3) is 21.8 Å². The molecule has 1 aliphatic rings. The molecular weight excluding hydrogens is 540 g/mol. The van der Waals surface area contributed by atoms with Crippen molar-refractivity contribution in [1.29, 1.82) is 0 Å². The average Bonchev–Trinajstić information content (AvgIpc) is 3.64. The van der Waals surface area contributed by atoms with Crippen molar-refractivity contribution in [3.8, 4) is 21.8 Å². The number of hydrogen-bond acceptors (Lipinski definition) is 9. The summed E-state index contributed by atoms with van der Waals surface area (Å²) in [7, 11) is -3.91. The molecule has 39 heavy (non-hydrogen) atoms. The predicted molar refractivity (Wildman–Crippen MR) is 144 cm³/mol. The normalized spacial score (nSPS) is 18.8. The molecule has 2 amide bonds. The van der Waals surface area contributed by atoms with E-state index in [2.05, 4.69) is 9.97 Å². The van der Waals surface area contributed by atoms with Gasteiger partial charge < -0.3 is 9.32 Å². The Morgan fingerprint density at radius 1 is 1.08 bits per heavy atom. The number of nitrogens with zero attached hydrogens (tertiary/aromatic N) is 3. The van der Waals surface area contributed by atoms with Crippen LogP contribution in [-0.2, 0) is 30.6 Å². The summed E-state index contributed by atoms with van der Waals surface area (Å²) in [5.41, 5.74) is 3.91. The van der Waals surface area contributed by atoms with Crippen molar-refractivity contribution < 1.29 is 27.6 Å². The Bertz CT molecular complexity index is 1550. The van der Waals surface area contributed by atoms with Gasteiger partial charge in [-0.05, 0) is 36.2 Å². The lowest BCUT2D eigenvalue weighted by Gasteiger charge is -2.30. The van der Waals surface area contributed by atoms with Crippen LogP contribution in [-0.4, -0.2) is 59.1 Å². The topological polar surface area (TPSA) is 143 Å². The lowest BCUT2D eigenvalue weighted by Crippen LogP contribution is -2.41. The van der Waals surface area contributed by atoms with Gasteiger partial charge in [-0.2, -0.15) is 0 Å². The van der Waals surface area contributed by atoms with Gasteiger partial charge >= 0.3 is 0 Å². The standard InChI is InChI=1S/C27H26N4O6S2/c32-25(30-34)16-27(10-12-31(13-14-39(27,35)36)26(33)15-21-3-1-2-11-29-21)24-9-8-23(38-24)20-6-4-19(5-7-20)22-17-28-18-37-22/h1-9,11,17-18,34H,10,12-16H2,(H,30,32). The first-order chi connectivity index (χ1) is 18.8. The van der Waals surface area contributed by atoms with Crippen LogP contribution in [0.15, 0.2) is 77.8 Å². The maximum Gasteiger partial charge on any atom is 0.245 e. The Morgan fingerprint density at radius 2 is 1.87 bits per heavy atom. The fourth-order valence-electron chi connectivity index (χ4n) is 4.78. The molecule has 202 valence electrons. The van der Waals surface area contributed by atoms with Gasteiger partial charge in [0.2, 0.25) is 11.8 Å². The van der Waals surface area contributed by atoms with Crippen LogP contribution in [0.4, 0.5) is 0 Å². The zero-order valence-corrected chi connectivity index (χ0v) is 22.5. The number of nitrogens with one attached hydrogen (secondary N) is 1. The van der Waals surface area contributed by atoms with Gasteiger partial charge in [-0.25, -0.2) is 18.9 Å². The van der Waals surface area contributed by atoms with Crippen molar-refractivity contribution in [3.05, 3.63) is 84.0 Å². The zero-order chi connectivity index (χ0) is 27.5. The number of amides is 2. The summed E-state index contributed by atoms with van der Waals surface area (Å²) in [6, 6.07) is 16.4. The van der Waals surface area contributed by atoms with Gasteiger partial charge in [-0.3, -0.25) is 19.8 Å². The van der Waals surface area contributed by atoms with Crippen LogP contribution in [0.1, 0.15) is 23.4 Å². The summed E-state index contributed by atoms with van der Waals surface area (Å²) in [4.78, 5) is 36.4. The number of hydrogen-bond donors (Lipinski definition) is 2. The van der Waals surface area contributed by atoms with Gasteiger partial charge in [0.25, 0.3) is 0 Å². The van der Waals surface area contributed by atoms with E-state index in [1.54, 1.807) is 42.1 Å². The van der Waals surface area contributed by atoms with Gasteiger partial charge in [0.05, 0.1) is 24.8 Å². The minimum atomic E-state index is -3.91. The largest absolute Gasteiger partial charge is 0.444 e. The third-order valence-corrected chi connectivity index (χ3v) is 10.9. The van der Waals surface area contributed by atoms with Crippen molar-refractivity contribution in [3.63, 3.8) is 0 Å². The molecule has 0 spiro atoms. The third-order valence-electron chi connectivity index (χ3n) is 6.93. The maximum atomic E-state index is 13.8. The van der Waals surface area contributed by atoms with Crippen LogP contribution in [0, 0.1) is 0 Å². The number of sulfone groups is 1. The Morgan fingerprint density at radius 3 is 2.56 bits per heavy atom. The number of pyridine rings is 1. The van der Waals surface area contributed by atoms with Crippen molar-refractivity contribution in [2.45, 2.75) is 24.0 Å². The first-order valence-electron chi connectivity index (χ1n) is 12.2. The molecule has 0 radical (unpaired) electrons. The minimum Gasteiger partial charge on any atom is -0.444 e. The lowest BCUT2D eigenvalue weighted by atomic mass is 9.97. The summed E-state index contributed by atoms with van der Waals surface area (Å²) in [6.45, 7) is 0.153. The highest BCUT2D eigenvalue weighted by Gasteiger charge is 2.49. The Hall–Kier alpha value is -3.87. The first-order valence-corrected chi connectivity index (χ1v) is 14.7. The van der Waals surface area contributed by atoms with E-state index < -0.39 is 26.9 Å². The molecule has 2 N–H and O–H groups in total. The number of oxazole rings is 1. The average molecular weight is 567 g/mol. The number of thiophene rings is 1. The van der Waals surface area contributed by atoms with Crippen molar-refractivity contribution in [2.24, 2.45) is 0 Å². The van der Waals surface area contributed by atoms with Gasteiger partial charge in [0.15, 0.2) is 22.0 Å². The fraction of sp³-hybridized carbons (Fsp3) is 0.259. The monoisotopic (exact) mass is 566 g/mol. The van der Waals surface area contributed by atoms with Gasteiger partial charge in [-0.1, -0.05) is 30.3 Å². The van der Waals surface area contributed by atoms with Crippen molar-refractivity contribution in [2.75, 3.05) is 18.8 Å². The molecule has 4 heterocycles. The Balaban J connectivity index is 1.44. The molecule has 3 aromatic heterocycles. The van der Waals surface area contributed by atoms with Crippen LogP contribution in [0.5, 0.6) is 0 Å². The van der Waals surface area contributed by atoms with E-state index >= 15 is 0 Å². The number of rotatable bonds is 7. The lowest BCUT2D eigenvalue weighted by molar-refractivity contribution is -0.130. The van der Waals surface area contributed by atoms with Crippen LogP contribution in [0.3, 0.4) is 0 Å². The molecule has 1 saturated heterocycles. The molecule has 1 fully saturated rings. The van der Waals surface area contributed by atoms with E-state index in [1.807, 2.05) is 30.3 Å². The molecule has 12 heteroatoms. The van der Waals surface area contributed by atoms with E-state index in [-0.39, 0.29) is 37.6 Å². The predicted octanol–water partition coefficient (Wildman–Crippen LogP) is 3.45. The SMILES string of the molecule is O=C(CC1(c2ccc(-c3ccc(-c4cnco4)cc3)s2)CCN(C(=O)Cc2ccccn2)CCS1(=O)=O)NO. The molecule has 1 atom stereocenters. The zero-order valence-electron chi connectivity index (χ0n) is 20.8. The molecule has 1 unspecified atom stereocenters. The summed E-state index contributed by atoms with van der Waals surface area (Å²) in [6.07, 6.45) is 4.19. The van der Waals surface area contributed by atoms with Crippen LogP contribution < -0.4 is 5.48 Å². The number of benzene rings is 1. The fourth-order valence-corrected chi connectivity index (χ4v) is 8.39. The van der Waals surface area contributed by atoms with E-state index in [0.29, 0.717) is 16.3 Å². The number of carbonyl (C=O) groups excluding carboxylic acids is 2. The minimum absolute atomic E-state index is 0.0117. The van der Waals surface area contributed by atoms with Crippen molar-refractivity contribution >= 4 is 33.0 Å². The number of aromatic nitrogens is 2. The second kappa shape index (κ2) is 11.1. The maximum absolute atomic E-state index is 13.8. The van der Waals surface area contributed by atoms with Gasteiger partial charge in [0.1, 0.15) is 4.75 Å². The van der Waals surface area contributed by atoms with Gasteiger partial charge in [0, 0.05) is 40.3 Å². The first kappa shape index (κ1) is 26.7. The van der Waals surface area contributed by atoms with E-state index in [9.17, 15) is 23.2 Å². The Labute approximate surface area is 229 Å². The molecule has 0 bridgehead atoms. The highest BCUT2D eigenvalue weighted by Crippen LogP contribution is 2.45. The summed E-state index contributed by atoms with van der Waals surface area (Å²) < 4.78 is 31.3. The van der Waals surface area contributed by atoms with E-state index in [1.165, 1.54) is 22.6 Å². The highest BCUT2D eigenvalue weighted by atomic mass is 32.2. The quantitative estimate of drug-likeness (QED) is 0.256. The summed E-state index contributed by atoms with van der Waals surface area (Å²) in [5.74, 6) is -0.712. The van der Waals surface area contributed by atoms with Crippen molar-refractivity contribution in [1.82, 2.24) is 20.3 Å². The molecule has 0 aliphatic carbocycles. The van der Waals surface area contributed by atoms with E-state index in [4.69, 9.17) is 4.42 Å². The van der Waals surface area contributed by atoms with Crippen LogP contribution >= 0.6 is 11.3 Å². The van der Waals surface area contributed by atoms with Gasteiger partial charge in [-0.15, -0.1) is 11.3 Å². The second-order valence-corrected chi connectivity index (χ2v) is 12.8. The highest BCUT2D eigenvalue weighted by molar-refractivity contribution is 7.92. The third kappa shape index (κ3) is 5.49. The van der Waals surface area contributed by atoms with E-state index in [0.717, 1.165) is 16.0 Å². The number of carbonyl (C=O) groups is 2. The molecule has 5 rings (SSSR count). The second-order valence-electron chi connectivity index (χ2n) is 9.26. The summed E-state index contributed by atoms with van der Waals surface area (Å²) in [5, 5.41) is 9.28. The molecule has 10 nitrogen and oxygen atoms in total. The van der Waals surface area contributed by atoms with Crippen LogP contribution in [0.2, 0.25) is 0 Å². The molecule has 1 aliphatic heterocycles. The Kier molecular flexibility index (Phi) is 7.60. The summed E-state index contributed by atoms with van der Waals surface area (Å²) >= 11 is 1.28. The molecular formula is C27H26N4O6S2. The number of hydroxylamine groups is 1. The molecule has 4 aromatic rings.